The molecule has 1 N–H and O–H groups in total. The lowest BCUT2D eigenvalue weighted by Gasteiger charge is -2.38. The van der Waals surface area contributed by atoms with Crippen LogP contribution in [0.1, 0.15) is 0 Å². The van der Waals surface area contributed by atoms with Crippen LogP contribution in [0.5, 0.6) is 11.5 Å². The first-order valence-electron chi connectivity index (χ1n) is 8.41. The maximum absolute atomic E-state index is 13.3. The molecule has 1 fully saturated rings. The lowest BCUT2D eigenvalue weighted by molar-refractivity contribution is -0.120. The fourth-order valence-electron chi connectivity index (χ4n) is 2.96. The molecule has 1 aliphatic heterocycles. The molecule has 0 radical (unpaired) electrons. The zero-order valence-electron chi connectivity index (χ0n) is 14.9. The van der Waals surface area contributed by atoms with Crippen LogP contribution in [0.4, 0.5) is 15.2 Å². The summed E-state index contributed by atoms with van der Waals surface area (Å²) in [7, 11) is 3.12. The van der Waals surface area contributed by atoms with Crippen molar-refractivity contribution < 1.29 is 18.7 Å². The number of carbonyl (C=O) groups is 1. The van der Waals surface area contributed by atoms with E-state index in [1.165, 1.54) is 23.5 Å². The van der Waals surface area contributed by atoms with Crippen LogP contribution in [-0.4, -0.2) is 38.2 Å². The predicted octanol–water partition coefficient (Wildman–Crippen LogP) is 3.53. The van der Waals surface area contributed by atoms with Gasteiger partial charge in [0.1, 0.15) is 17.3 Å². The van der Waals surface area contributed by atoms with Crippen molar-refractivity contribution in [2.45, 2.75) is 0 Å². The Morgan fingerprint density at radius 1 is 1.22 bits per heavy atom. The van der Waals surface area contributed by atoms with Crippen molar-refractivity contribution in [2.24, 2.45) is 5.92 Å². The van der Waals surface area contributed by atoms with Crippen molar-refractivity contribution in [3.63, 3.8) is 0 Å². The van der Waals surface area contributed by atoms with Gasteiger partial charge in [0.25, 0.3) is 0 Å². The zero-order valence-corrected chi connectivity index (χ0v) is 15.7. The second kappa shape index (κ2) is 7.03. The Labute approximate surface area is 159 Å². The molecule has 0 spiro atoms. The second-order valence-electron chi connectivity index (χ2n) is 6.27. The summed E-state index contributed by atoms with van der Waals surface area (Å²) >= 11 is 1.43. The molecule has 0 saturated carbocycles. The third-order valence-corrected chi connectivity index (χ3v) is 5.61. The SMILES string of the molecule is COc1ccc(NC(=O)C2CN(c3nc4ccc(F)cc4s3)C2)c(OC)c1. The summed E-state index contributed by atoms with van der Waals surface area (Å²) in [6.07, 6.45) is 0. The van der Waals surface area contributed by atoms with E-state index in [-0.39, 0.29) is 17.6 Å². The normalized spacial score (nSPS) is 14.1. The van der Waals surface area contributed by atoms with Gasteiger partial charge in [-0.25, -0.2) is 9.37 Å². The van der Waals surface area contributed by atoms with E-state index in [2.05, 4.69) is 10.3 Å². The topological polar surface area (TPSA) is 63.7 Å². The number of halogens is 1. The molecule has 0 unspecified atom stereocenters. The number of benzene rings is 2. The number of carbonyl (C=O) groups excluding carboxylic acids is 1. The summed E-state index contributed by atoms with van der Waals surface area (Å²) in [4.78, 5) is 19.1. The van der Waals surface area contributed by atoms with Gasteiger partial charge in [0.2, 0.25) is 5.91 Å². The Hall–Kier alpha value is -2.87. The van der Waals surface area contributed by atoms with Gasteiger partial charge in [0.15, 0.2) is 5.13 Å². The Bertz CT molecular complexity index is 1000. The summed E-state index contributed by atoms with van der Waals surface area (Å²) in [6.45, 7) is 1.15. The van der Waals surface area contributed by atoms with Gasteiger partial charge < -0.3 is 19.7 Å². The minimum Gasteiger partial charge on any atom is -0.497 e. The van der Waals surface area contributed by atoms with Gasteiger partial charge in [-0.2, -0.15) is 0 Å². The zero-order chi connectivity index (χ0) is 19.0. The van der Waals surface area contributed by atoms with E-state index >= 15 is 0 Å². The van der Waals surface area contributed by atoms with Crippen LogP contribution in [0.25, 0.3) is 10.2 Å². The number of ether oxygens (including phenoxy) is 2. The van der Waals surface area contributed by atoms with E-state index in [9.17, 15) is 9.18 Å². The Balaban J connectivity index is 1.41. The molecule has 4 rings (SSSR count). The number of nitrogens with zero attached hydrogens (tertiary/aromatic N) is 2. The Morgan fingerprint density at radius 3 is 2.78 bits per heavy atom. The fraction of sp³-hybridized carbons (Fsp3) is 0.263. The lowest BCUT2D eigenvalue weighted by atomic mass is 10.00. The molecule has 1 aromatic heterocycles. The number of hydrogen-bond donors (Lipinski definition) is 1. The first-order chi connectivity index (χ1) is 13.1. The van der Waals surface area contributed by atoms with E-state index in [0.717, 1.165) is 15.3 Å². The molecular formula is C19H18FN3O3S. The highest BCUT2D eigenvalue weighted by Crippen LogP contribution is 2.34. The number of amides is 1. The highest BCUT2D eigenvalue weighted by atomic mass is 32.1. The van der Waals surface area contributed by atoms with Gasteiger partial charge in [-0.05, 0) is 30.3 Å². The number of methoxy groups -OCH3 is 2. The van der Waals surface area contributed by atoms with Gasteiger partial charge in [-0.15, -0.1) is 0 Å². The van der Waals surface area contributed by atoms with Gasteiger partial charge in [-0.3, -0.25) is 4.79 Å². The van der Waals surface area contributed by atoms with Crippen molar-refractivity contribution in [1.29, 1.82) is 0 Å². The van der Waals surface area contributed by atoms with Crippen LogP contribution in [0.2, 0.25) is 0 Å². The summed E-state index contributed by atoms with van der Waals surface area (Å²) < 4.78 is 24.6. The van der Waals surface area contributed by atoms with E-state index < -0.39 is 0 Å². The molecule has 0 aliphatic carbocycles. The van der Waals surface area contributed by atoms with E-state index in [1.807, 2.05) is 4.90 Å². The average molecular weight is 387 g/mol. The van der Waals surface area contributed by atoms with Crippen LogP contribution in [0.15, 0.2) is 36.4 Å². The van der Waals surface area contributed by atoms with Gasteiger partial charge in [0.05, 0.1) is 36.0 Å². The molecule has 1 saturated heterocycles. The van der Waals surface area contributed by atoms with Crippen LogP contribution in [0.3, 0.4) is 0 Å². The molecule has 0 bridgehead atoms. The summed E-state index contributed by atoms with van der Waals surface area (Å²) in [5.74, 6) is 0.730. The number of anilines is 2. The predicted molar refractivity (Wildman–Crippen MR) is 103 cm³/mol. The highest BCUT2D eigenvalue weighted by molar-refractivity contribution is 7.22. The molecular weight excluding hydrogens is 369 g/mol. The molecule has 1 aliphatic rings. The van der Waals surface area contributed by atoms with Crippen molar-refractivity contribution in [1.82, 2.24) is 4.98 Å². The molecule has 6 nitrogen and oxygen atoms in total. The Kier molecular flexibility index (Phi) is 4.57. The van der Waals surface area contributed by atoms with E-state index in [1.54, 1.807) is 38.5 Å². The molecule has 8 heteroatoms. The summed E-state index contributed by atoms with van der Waals surface area (Å²) in [6, 6.07) is 9.81. The highest BCUT2D eigenvalue weighted by Gasteiger charge is 2.34. The van der Waals surface area contributed by atoms with Crippen molar-refractivity contribution >= 4 is 38.3 Å². The average Bonchev–Trinajstić information content (AvgIpc) is 3.03. The number of hydrogen-bond acceptors (Lipinski definition) is 6. The number of rotatable bonds is 5. The standard InChI is InChI=1S/C19H18FN3O3S/c1-25-13-4-6-14(16(8-13)26-2)21-18(24)11-9-23(10-11)19-22-15-5-3-12(20)7-17(15)27-19/h3-8,11H,9-10H2,1-2H3,(H,21,24). The first-order valence-corrected chi connectivity index (χ1v) is 9.23. The minimum atomic E-state index is -0.271. The monoisotopic (exact) mass is 387 g/mol. The fourth-order valence-corrected chi connectivity index (χ4v) is 3.97. The van der Waals surface area contributed by atoms with Gasteiger partial charge in [0, 0.05) is 19.2 Å². The molecule has 2 heterocycles. The molecule has 27 heavy (non-hydrogen) atoms. The van der Waals surface area contributed by atoms with E-state index in [4.69, 9.17) is 9.47 Å². The quantitative estimate of drug-likeness (QED) is 0.726. The Morgan fingerprint density at radius 2 is 2.04 bits per heavy atom. The maximum atomic E-state index is 13.3. The second-order valence-corrected chi connectivity index (χ2v) is 7.27. The van der Waals surface area contributed by atoms with Crippen LogP contribution >= 0.6 is 11.3 Å². The number of thiazole rings is 1. The number of aromatic nitrogens is 1. The molecule has 140 valence electrons. The molecule has 3 aromatic rings. The first kappa shape index (κ1) is 17.5. The maximum Gasteiger partial charge on any atom is 0.231 e. The third kappa shape index (κ3) is 3.40. The van der Waals surface area contributed by atoms with Crippen molar-refractivity contribution in [3.05, 3.63) is 42.2 Å². The molecule has 0 atom stereocenters. The van der Waals surface area contributed by atoms with Crippen LogP contribution in [-0.2, 0) is 4.79 Å². The van der Waals surface area contributed by atoms with Crippen LogP contribution in [0, 0.1) is 11.7 Å². The smallest absolute Gasteiger partial charge is 0.231 e. The van der Waals surface area contributed by atoms with E-state index in [0.29, 0.717) is 30.3 Å². The minimum absolute atomic E-state index is 0.0677. The summed E-state index contributed by atoms with van der Waals surface area (Å²) in [5, 5.41) is 3.72. The largest absolute Gasteiger partial charge is 0.497 e. The number of fused-ring (bicyclic) bond motifs is 1. The molecule has 1 amide bonds. The molecule has 2 aromatic carbocycles. The van der Waals surface area contributed by atoms with Gasteiger partial charge >= 0.3 is 0 Å². The van der Waals surface area contributed by atoms with Crippen molar-refractivity contribution in [2.75, 3.05) is 37.5 Å². The lowest BCUT2D eigenvalue weighted by Crippen LogP contribution is -2.52. The van der Waals surface area contributed by atoms with Crippen molar-refractivity contribution in [3.8, 4) is 11.5 Å². The van der Waals surface area contributed by atoms with Gasteiger partial charge in [-0.1, -0.05) is 11.3 Å². The summed E-state index contributed by atoms with van der Waals surface area (Å²) in [5.41, 5.74) is 1.38. The third-order valence-electron chi connectivity index (χ3n) is 4.53. The number of nitrogens with one attached hydrogen (secondary N) is 1. The van der Waals surface area contributed by atoms with Crippen LogP contribution < -0.4 is 19.7 Å².